The van der Waals surface area contributed by atoms with E-state index in [4.69, 9.17) is 9.47 Å². The average Bonchev–Trinajstić information content (AvgIpc) is 2.96. The number of likely N-dealkylation sites (N-methyl/N-ethyl adjacent to an activating group) is 1. The Morgan fingerprint density at radius 2 is 1.59 bits per heavy atom. The van der Waals surface area contributed by atoms with E-state index in [1.165, 1.54) is 5.56 Å². The van der Waals surface area contributed by atoms with Crippen molar-refractivity contribution in [2.24, 2.45) is 0 Å². The van der Waals surface area contributed by atoms with Crippen LogP contribution in [-0.4, -0.2) is 31.1 Å². The summed E-state index contributed by atoms with van der Waals surface area (Å²) in [5.74, 6) is 0.0602. The molecular weight excluding hydrogens is 488 g/mol. The molecule has 1 amide bonds. The van der Waals surface area contributed by atoms with Crippen LogP contribution in [0.1, 0.15) is 50.3 Å². The number of esters is 1. The van der Waals surface area contributed by atoms with Gasteiger partial charge in [0.15, 0.2) is 0 Å². The van der Waals surface area contributed by atoms with Crippen LogP contribution in [0.3, 0.4) is 0 Å². The normalized spacial score (nSPS) is 18.7. The van der Waals surface area contributed by atoms with Crippen LogP contribution in [0.15, 0.2) is 96.2 Å². The van der Waals surface area contributed by atoms with Crippen LogP contribution < -0.4 is 15.4 Å². The van der Waals surface area contributed by atoms with Crippen LogP contribution in [0.25, 0.3) is 0 Å². The van der Waals surface area contributed by atoms with E-state index in [1.54, 1.807) is 0 Å². The molecule has 0 aromatic heterocycles. The minimum atomic E-state index is -1.15. The summed E-state index contributed by atoms with van der Waals surface area (Å²) in [6.45, 7) is 6.88. The van der Waals surface area contributed by atoms with Gasteiger partial charge in [-0.1, -0.05) is 78.9 Å². The molecule has 1 aliphatic heterocycles. The molecule has 39 heavy (non-hydrogen) atoms. The van der Waals surface area contributed by atoms with Gasteiger partial charge < -0.3 is 20.1 Å². The molecule has 2 N–H and O–H groups in total. The summed E-state index contributed by atoms with van der Waals surface area (Å²) in [6.07, 6.45) is 1.73. The number of benzene rings is 3. The van der Waals surface area contributed by atoms with E-state index in [0.717, 1.165) is 17.7 Å². The highest BCUT2D eigenvalue weighted by Crippen LogP contribution is 2.44. The molecule has 2 atom stereocenters. The lowest BCUT2D eigenvalue weighted by atomic mass is 9.67. The number of para-hydroxylation sites is 1. The van der Waals surface area contributed by atoms with E-state index in [1.807, 2.05) is 93.6 Å². The van der Waals surface area contributed by atoms with Gasteiger partial charge in [0.25, 0.3) is 0 Å². The van der Waals surface area contributed by atoms with Crippen molar-refractivity contribution in [3.05, 3.63) is 113 Å². The second-order valence-electron chi connectivity index (χ2n) is 9.97. The highest BCUT2D eigenvalue weighted by molar-refractivity contribution is 5.97. The maximum absolute atomic E-state index is 14.1. The Kier molecular flexibility index (Phi) is 9.42. The number of ether oxygens (including phenoxy) is 2. The Balaban J connectivity index is 1.65. The molecule has 0 saturated carbocycles. The summed E-state index contributed by atoms with van der Waals surface area (Å²) in [5.41, 5.74) is 3.10. The van der Waals surface area contributed by atoms with E-state index < -0.39 is 5.41 Å². The Bertz CT molecular complexity index is 1290. The molecule has 0 fully saturated rings. The summed E-state index contributed by atoms with van der Waals surface area (Å²) in [5, 5.41) is 6.32. The fraction of sp³-hybridized carbons (Fsp3) is 0.333. The van der Waals surface area contributed by atoms with Gasteiger partial charge in [-0.25, -0.2) is 0 Å². The van der Waals surface area contributed by atoms with Gasteiger partial charge in [0.05, 0.1) is 6.61 Å². The van der Waals surface area contributed by atoms with Crippen LogP contribution in [-0.2, 0) is 32.8 Å². The summed E-state index contributed by atoms with van der Waals surface area (Å²) in [6, 6.07) is 27.3. The molecule has 0 saturated heterocycles. The van der Waals surface area contributed by atoms with Gasteiger partial charge in [0, 0.05) is 35.8 Å². The van der Waals surface area contributed by atoms with Gasteiger partial charge in [-0.15, -0.1) is 0 Å². The van der Waals surface area contributed by atoms with Gasteiger partial charge in [-0.05, 0) is 50.8 Å². The van der Waals surface area contributed by atoms with Crippen molar-refractivity contribution in [2.75, 3.05) is 13.2 Å². The molecule has 1 aliphatic rings. The molecule has 3 aromatic rings. The van der Waals surface area contributed by atoms with Crippen LogP contribution in [0.4, 0.5) is 0 Å². The minimum absolute atomic E-state index is 0.182. The fourth-order valence-electron chi connectivity index (χ4n) is 5.22. The zero-order valence-corrected chi connectivity index (χ0v) is 23.0. The lowest BCUT2D eigenvalue weighted by Crippen LogP contribution is -2.56. The van der Waals surface area contributed by atoms with Crippen molar-refractivity contribution >= 4 is 11.9 Å². The number of hydrogen-bond acceptors (Lipinski definition) is 5. The average molecular weight is 527 g/mol. The third-order valence-electron chi connectivity index (χ3n) is 7.35. The van der Waals surface area contributed by atoms with Crippen molar-refractivity contribution in [2.45, 2.75) is 58.1 Å². The Morgan fingerprint density at radius 1 is 0.949 bits per heavy atom. The van der Waals surface area contributed by atoms with Crippen LogP contribution in [0, 0.1) is 0 Å². The predicted octanol–water partition coefficient (Wildman–Crippen LogP) is 5.47. The molecule has 0 radical (unpaired) electrons. The third kappa shape index (κ3) is 6.51. The Labute approximate surface area is 231 Å². The number of carbonyl (C=O) groups is 2. The first-order chi connectivity index (χ1) is 19.0. The molecule has 0 spiro atoms. The summed E-state index contributed by atoms with van der Waals surface area (Å²) in [7, 11) is 0. The highest BCUT2D eigenvalue weighted by atomic mass is 16.5. The molecule has 0 aliphatic carbocycles. The molecule has 1 heterocycles. The molecule has 4 rings (SSSR count). The number of aryl methyl sites for hydroxylation is 1. The van der Waals surface area contributed by atoms with Gasteiger partial charge in [-0.2, -0.15) is 0 Å². The first-order valence-corrected chi connectivity index (χ1v) is 13.7. The maximum atomic E-state index is 14.1. The van der Waals surface area contributed by atoms with E-state index in [-0.39, 0.29) is 30.9 Å². The predicted molar refractivity (Wildman–Crippen MR) is 153 cm³/mol. The SMILES string of the molecule is CCNC(=O)C1=C(C)NC(C)C(C(=O)OCCCc2ccccc2)(c2ccccc2OCc2ccccc2)C1. The number of hydrogen-bond donors (Lipinski definition) is 2. The molecule has 2 unspecified atom stereocenters. The van der Waals surface area contributed by atoms with Crippen LogP contribution in [0.2, 0.25) is 0 Å². The van der Waals surface area contributed by atoms with Crippen molar-refractivity contribution < 1.29 is 19.1 Å². The van der Waals surface area contributed by atoms with E-state index >= 15 is 0 Å². The first-order valence-electron chi connectivity index (χ1n) is 13.7. The van der Waals surface area contributed by atoms with Crippen molar-refractivity contribution in [3.8, 4) is 5.75 Å². The van der Waals surface area contributed by atoms with E-state index in [2.05, 4.69) is 22.8 Å². The van der Waals surface area contributed by atoms with Gasteiger partial charge >= 0.3 is 5.97 Å². The third-order valence-corrected chi connectivity index (χ3v) is 7.35. The topological polar surface area (TPSA) is 76.7 Å². The zero-order valence-electron chi connectivity index (χ0n) is 23.0. The number of amides is 1. The number of nitrogens with one attached hydrogen (secondary N) is 2. The highest BCUT2D eigenvalue weighted by Gasteiger charge is 2.52. The standard InChI is InChI=1S/C33H38N2O4/c1-4-34-31(36)28-22-33(25(3)35-24(28)2,32(37)38-21-13-18-26-14-7-5-8-15-26)29-19-11-12-20-30(29)39-23-27-16-9-6-10-17-27/h5-12,14-17,19-20,25,35H,4,13,18,21-23H2,1-3H3,(H,34,36). The van der Waals surface area contributed by atoms with Crippen molar-refractivity contribution in [1.29, 1.82) is 0 Å². The first kappa shape index (κ1) is 28.0. The molecular formula is C33H38N2O4. The van der Waals surface area contributed by atoms with Crippen LogP contribution >= 0.6 is 0 Å². The Morgan fingerprint density at radius 3 is 2.28 bits per heavy atom. The number of allylic oxidation sites excluding steroid dienone is 1. The van der Waals surface area contributed by atoms with E-state index in [0.29, 0.717) is 36.5 Å². The molecule has 6 nitrogen and oxygen atoms in total. The second kappa shape index (κ2) is 13.1. The lowest BCUT2D eigenvalue weighted by Gasteiger charge is -2.43. The van der Waals surface area contributed by atoms with Crippen LogP contribution in [0.5, 0.6) is 5.75 Å². The van der Waals surface area contributed by atoms with E-state index in [9.17, 15) is 9.59 Å². The molecule has 3 aromatic carbocycles. The van der Waals surface area contributed by atoms with Crippen molar-refractivity contribution in [1.82, 2.24) is 10.6 Å². The lowest BCUT2D eigenvalue weighted by molar-refractivity contribution is -0.152. The summed E-state index contributed by atoms with van der Waals surface area (Å²) in [4.78, 5) is 27.2. The fourth-order valence-corrected chi connectivity index (χ4v) is 5.22. The molecule has 0 bridgehead atoms. The van der Waals surface area contributed by atoms with Gasteiger partial charge in [-0.3, -0.25) is 9.59 Å². The molecule has 204 valence electrons. The second-order valence-corrected chi connectivity index (χ2v) is 9.97. The number of rotatable bonds is 11. The smallest absolute Gasteiger partial charge is 0.319 e. The largest absolute Gasteiger partial charge is 0.489 e. The monoisotopic (exact) mass is 526 g/mol. The summed E-state index contributed by atoms with van der Waals surface area (Å²) >= 11 is 0. The van der Waals surface area contributed by atoms with Gasteiger partial charge in [0.1, 0.15) is 17.8 Å². The molecule has 6 heteroatoms. The summed E-state index contributed by atoms with van der Waals surface area (Å²) < 4.78 is 12.3. The maximum Gasteiger partial charge on any atom is 0.319 e. The van der Waals surface area contributed by atoms with Gasteiger partial charge in [0.2, 0.25) is 5.91 Å². The zero-order chi connectivity index (χ0) is 27.7. The number of carbonyl (C=O) groups excluding carboxylic acids is 2. The van der Waals surface area contributed by atoms with Crippen molar-refractivity contribution in [3.63, 3.8) is 0 Å². The quantitative estimate of drug-likeness (QED) is 0.256. The Hall–Kier alpha value is -4.06. The minimum Gasteiger partial charge on any atom is -0.489 e.